The maximum atomic E-state index is 14.9. The van der Waals surface area contributed by atoms with Crippen LogP contribution in [-0.4, -0.2) is 49.0 Å². The molecule has 0 saturated carbocycles. The summed E-state index contributed by atoms with van der Waals surface area (Å²) >= 11 is 0. The number of amides is 2. The minimum atomic E-state index is -3.68. The zero-order chi connectivity index (χ0) is 26.0. The summed E-state index contributed by atoms with van der Waals surface area (Å²) in [5.74, 6) is -9.32. The van der Waals surface area contributed by atoms with Gasteiger partial charge in [0.25, 0.3) is 11.8 Å². The predicted molar refractivity (Wildman–Crippen MR) is 124 cm³/mol. The number of carbonyl (C=O) groups is 2. The molecule has 11 heteroatoms. The summed E-state index contributed by atoms with van der Waals surface area (Å²) in [5, 5.41) is 12.5. The third-order valence-electron chi connectivity index (χ3n) is 6.38. The second-order valence-corrected chi connectivity index (χ2v) is 11.7. The van der Waals surface area contributed by atoms with E-state index >= 15 is 0 Å². The number of para-hydroxylation sites is 1. The van der Waals surface area contributed by atoms with E-state index < -0.39 is 79.6 Å². The molecule has 35 heavy (non-hydrogen) atoms. The van der Waals surface area contributed by atoms with E-state index in [1.165, 1.54) is 0 Å². The van der Waals surface area contributed by atoms with Crippen LogP contribution in [0.15, 0.2) is 18.2 Å². The number of imide groups is 1. The number of nitrogens with one attached hydrogen (secondary N) is 1. The molecule has 7 nitrogen and oxygen atoms in total. The van der Waals surface area contributed by atoms with Crippen molar-refractivity contribution in [2.75, 3.05) is 21.7 Å². The first-order valence-corrected chi connectivity index (χ1v) is 13.0. The Morgan fingerprint density at radius 3 is 1.94 bits per heavy atom. The first kappa shape index (κ1) is 25.2. The van der Waals surface area contributed by atoms with Crippen LogP contribution < -0.4 is 10.2 Å². The number of sulfone groups is 1. The Bertz CT molecular complexity index is 1330. The van der Waals surface area contributed by atoms with Gasteiger partial charge in [-0.15, -0.1) is 0 Å². The quantitative estimate of drug-likeness (QED) is 0.470. The molecule has 2 amide bonds. The number of nitrogens with zero attached hydrogens (tertiary/aromatic N) is 1. The Kier molecular flexibility index (Phi) is 6.21. The van der Waals surface area contributed by atoms with Crippen molar-refractivity contribution in [1.82, 2.24) is 0 Å². The van der Waals surface area contributed by atoms with Gasteiger partial charge in [0.1, 0.15) is 0 Å². The summed E-state index contributed by atoms with van der Waals surface area (Å²) in [6.45, 7) is 7.37. The Morgan fingerprint density at radius 2 is 1.46 bits per heavy atom. The molecule has 1 fully saturated rings. The highest BCUT2D eigenvalue weighted by atomic mass is 32.2. The summed E-state index contributed by atoms with van der Waals surface area (Å²) in [6, 6.07) is 3.91. The van der Waals surface area contributed by atoms with Gasteiger partial charge in [-0.25, -0.2) is 26.5 Å². The monoisotopic (exact) mass is 510 g/mol. The fraction of sp³-hybridized carbons (Fsp3) is 0.417. The van der Waals surface area contributed by atoms with Gasteiger partial charge in [-0.3, -0.25) is 9.59 Å². The molecule has 0 bridgehead atoms. The van der Waals surface area contributed by atoms with Crippen LogP contribution >= 0.6 is 0 Å². The molecule has 2 atom stereocenters. The molecule has 0 unspecified atom stereocenters. The van der Waals surface area contributed by atoms with Gasteiger partial charge in [0, 0.05) is 0 Å². The number of halogens is 3. The predicted octanol–water partition coefficient (Wildman–Crippen LogP) is 3.72. The second kappa shape index (κ2) is 8.63. The summed E-state index contributed by atoms with van der Waals surface area (Å²) < 4.78 is 68.2. The molecule has 2 aromatic carbocycles. The van der Waals surface area contributed by atoms with Gasteiger partial charge < -0.3 is 10.4 Å². The molecule has 2 aliphatic heterocycles. The number of aliphatic hydroxyl groups excluding tert-OH is 1. The van der Waals surface area contributed by atoms with E-state index in [0.29, 0.717) is 11.1 Å². The molecule has 4 rings (SSSR count). The minimum absolute atomic E-state index is 0.150. The van der Waals surface area contributed by atoms with E-state index in [1.807, 2.05) is 27.7 Å². The Hall–Kier alpha value is -2.92. The Labute approximate surface area is 200 Å². The van der Waals surface area contributed by atoms with Gasteiger partial charge in [0.05, 0.1) is 46.2 Å². The number of fused-ring (bicyclic) bond motifs is 1. The highest BCUT2D eigenvalue weighted by molar-refractivity contribution is 7.91. The molecular formula is C24H25F3N2O5S. The van der Waals surface area contributed by atoms with Crippen LogP contribution in [-0.2, 0) is 9.84 Å². The van der Waals surface area contributed by atoms with E-state index in [4.69, 9.17) is 0 Å². The second-order valence-electron chi connectivity index (χ2n) is 9.50. The van der Waals surface area contributed by atoms with Crippen molar-refractivity contribution in [1.29, 1.82) is 0 Å². The van der Waals surface area contributed by atoms with Crippen molar-refractivity contribution in [3.05, 3.63) is 57.9 Å². The highest BCUT2D eigenvalue weighted by Gasteiger charge is 2.47. The fourth-order valence-corrected chi connectivity index (χ4v) is 6.39. The molecular weight excluding hydrogens is 485 g/mol. The lowest BCUT2D eigenvalue weighted by Gasteiger charge is -2.25. The van der Waals surface area contributed by atoms with E-state index in [2.05, 4.69) is 5.32 Å². The van der Waals surface area contributed by atoms with E-state index in [9.17, 15) is 36.3 Å². The van der Waals surface area contributed by atoms with E-state index in [0.717, 1.165) is 4.90 Å². The number of hydrogen-bond acceptors (Lipinski definition) is 6. The summed E-state index contributed by atoms with van der Waals surface area (Å²) in [6.07, 6.45) is -1.47. The van der Waals surface area contributed by atoms with Gasteiger partial charge in [0.2, 0.25) is 0 Å². The molecule has 1 saturated heterocycles. The molecule has 2 heterocycles. The average Bonchev–Trinajstić information content (AvgIpc) is 3.18. The van der Waals surface area contributed by atoms with Crippen molar-refractivity contribution < 1.29 is 36.3 Å². The van der Waals surface area contributed by atoms with Crippen LogP contribution in [0.25, 0.3) is 0 Å². The van der Waals surface area contributed by atoms with E-state index in [-0.39, 0.29) is 17.5 Å². The maximum absolute atomic E-state index is 14.9. The molecule has 2 aromatic rings. The van der Waals surface area contributed by atoms with Crippen LogP contribution in [0.3, 0.4) is 0 Å². The third-order valence-corrected chi connectivity index (χ3v) is 8.09. The number of rotatable bonds is 5. The van der Waals surface area contributed by atoms with Crippen molar-refractivity contribution in [2.24, 2.45) is 0 Å². The number of anilines is 2. The molecule has 0 spiro atoms. The number of carbonyl (C=O) groups excluding carboxylic acids is 2. The minimum Gasteiger partial charge on any atom is -0.390 e. The lowest BCUT2D eigenvalue weighted by molar-refractivity contribution is 0.0924. The maximum Gasteiger partial charge on any atom is 0.269 e. The van der Waals surface area contributed by atoms with Gasteiger partial charge in [-0.1, -0.05) is 45.9 Å². The lowest BCUT2D eigenvalue weighted by Crippen LogP contribution is -2.34. The van der Waals surface area contributed by atoms with Gasteiger partial charge >= 0.3 is 0 Å². The summed E-state index contributed by atoms with van der Waals surface area (Å²) in [7, 11) is -3.68. The van der Waals surface area contributed by atoms with Crippen LogP contribution in [0, 0.1) is 17.5 Å². The molecule has 0 aromatic heterocycles. The van der Waals surface area contributed by atoms with Crippen LogP contribution in [0.2, 0.25) is 0 Å². The molecule has 0 radical (unpaired) electrons. The molecule has 2 N–H and O–H groups in total. The normalized spacial score (nSPS) is 21.4. The fourth-order valence-electron chi connectivity index (χ4n) is 4.65. The Balaban J connectivity index is 1.93. The smallest absolute Gasteiger partial charge is 0.269 e. The van der Waals surface area contributed by atoms with Crippen molar-refractivity contribution in [2.45, 2.75) is 51.7 Å². The van der Waals surface area contributed by atoms with E-state index in [1.54, 1.807) is 18.2 Å². The Morgan fingerprint density at radius 1 is 0.914 bits per heavy atom. The largest absolute Gasteiger partial charge is 0.390 e. The zero-order valence-corrected chi connectivity index (χ0v) is 20.3. The van der Waals surface area contributed by atoms with Crippen molar-refractivity contribution >= 4 is 33.0 Å². The average molecular weight is 511 g/mol. The highest BCUT2D eigenvalue weighted by Crippen LogP contribution is 2.43. The van der Waals surface area contributed by atoms with Crippen LogP contribution in [0.4, 0.5) is 24.5 Å². The van der Waals surface area contributed by atoms with Crippen molar-refractivity contribution in [3.8, 4) is 0 Å². The van der Waals surface area contributed by atoms with Gasteiger partial charge in [0.15, 0.2) is 27.3 Å². The van der Waals surface area contributed by atoms with Gasteiger partial charge in [-0.2, -0.15) is 0 Å². The lowest BCUT2D eigenvalue weighted by atomic mass is 9.92. The summed E-state index contributed by atoms with van der Waals surface area (Å²) in [5.41, 5.74) is -1.10. The van der Waals surface area contributed by atoms with Crippen LogP contribution in [0.5, 0.6) is 0 Å². The van der Waals surface area contributed by atoms with Gasteiger partial charge in [-0.05, 0) is 23.0 Å². The molecule has 0 aliphatic carbocycles. The summed E-state index contributed by atoms with van der Waals surface area (Å²) in [4.78, 5) is 27.7. The van der Waals surface area contributed by atoms with Crippen molar-refractivity contribution in [3.63, 3.8) is 0 Å². The topological polar surface area (TPSA) is 104 Å². The molecule has 188 valence electrons. The number of benzene rings is 2. The number of hydrogen-bond donors (Lipinski definition) is 2. The first-order chi connectivity index (χ1) is 16.3. The zero-order valence-electron chi connectivity index (χ0n) is 19.5. The van der Waals surface area contributed by atoms with Crippen LogP contribution in [0.1, 0.15) is 71.4 Å². The number of aliphatic hydroxyl groups is 1. The standard InChI is InChI=1S/C24H25F3N2O5S/c1-10(2)12-6-5-7-13(11(3)4)22(12)29-23(31)16-17(24(29)32)21(20(27)19(26)18(16)25)28-14-8-35(33,34)9-15(14)30/h5-7,10-11,14-15,28,30H,8-9H2,1-4H3/t14-,15+/m0/s1. The third kappa shape index (κ3) is 4.00. The molecule has 2 aliphatic rings. The first-order valence-electron chi connectivity index (χ1n) is 11.1. The SMILES string of the molecule is CC(C)c1cccc(C(C)C)c1N1C(=O)c2c(F)c(F)c(F)c(N[C@H]3CS(=O)(=O)C[C@H]3O)c2C1=O.